The van der Waals surface area contributed by atoms with Gasteiger partial charge in [0.05, 0.1) is 0 Å². The molecule has 3 nitrogen and oxygen atoms in total. The first-order chi connectivity index (χ1) is 11.9. The molecule has 0 aromatic heterocycles. The Bertz CT molecular complexity index is 435. The fourth-order valence-electron chi connectivity index (χ4n) is 2.32. The summed E-state index contributed by atoms with van der Waals surface area (Å²) < 4.78 is 5.86. The van der Waals surface area contributed by atoms with Crippen molar-refractivity contribution in [2.24, 2.45) is 0 Å². The van der Waals surface area contributed by atoms with E-state index in [4.69, 9.17) is 17.4 Å². The molecule has 25 heavy (non-hydrogen) atoms. The molecule has 0 aliphatic rings. The number of hydrogen-bond acceptors (Lipinski definition) is 3. The van der Waals surface area contributed by atoms with Crippen molar-refractivity contribution in [2.45, 2.75) is 77.6 Å². The van der Waals surface area contributed by atoms with Gasteiger partial charge in [0, 0.05) is 13.1 Å². The summed E-state index contributed by atoms with van der Waals surface area (Å²) in [6.45, 7) is 13.3. The second-order valence-electron chi connectivity index (χ2n) is 6.63. The molecular weight excluding hydrogens is 330 g/mol. The van der Waals surface area contributed by atoms with Crippen LogP contribution >= 0.6 is 12.6 Å². The molecule has 4 heteroatoms. The summed E-state index contributed by atoms with van der Waals surface area (Å²) in [5.74, 6) is 0. The van der Waals surface area contributed by atoms with Gasteiger partial charge >= 0.3 is 6.09 Å². The van der Waals surface area contributed by atoms with Gasteiger partial charge in [0.2, 0.25) is 0 Å². The van der Waals surface area contributed by atoms with E-state index in [1.54, 1.807) is 4.90 Å². The minimum atomic E-state index is -0.669. The number of ether oxygens (including phenoxy) is 1. The summed E-state index contributed by atoms with van der Waals surface area (Å²) >= 11 is 4.74. The Morgan fingerprint density at radius 2 is 1.80 bits per heavy atom. The monoisotopic (exact) mass is 367 g/mol. The van der Waals surface area contributed by atoms with Gasteiger partial charge < -0.3 is 9.64 Å². The van der Waals surface area contributed by atoms with Crippen LogP contribution in [0.1, 0.15) is 72.6 Å². The topological polar surface area (TPSA) is 29.5 Å². The Morgan fingerprint density at radius 3 is 2.28 bits per heavy atom. The first kappa shape index (κ1) is 23.8. The zero-order valence-corrected chi connectivity index (χ0v) is 17.5. The Balaban J connectivity index is 4.97. The second kappa shape index (κ2) is 14.1. The fourth-order valence-corrected chi connectivity index (χ4v) is 2.72. The minimum Gasteiger partial charge on any atom is -0.432 e. The summed E-state index contributed by atoms with van der Waals surface area (Å²) in [4.78, 5) is 13.8. The predicted molar refractivity (Wildman–Crippen MR) is 112 cm³/mol. The number of nitrogens with zero attached hydrogens (tertiary/aromatic N) is 1. The molecule has 0 aliphatic heterocycles. The fraction of sp³-hybridized carbons (Fsp3) is 0.667. The van der Waals surface area contributed by atoms with Gasteiger partial charge in [-0.1, -0.05) is 56.6 Å². The highest BCUT2D eigenvalue weighted by Gasteiger charge is 2.30. The van der Waals surface area contributed by atoms with Crippen LogP contribution in [0.5, 0.6) is 0 Å². The van der Waals surface area contributed by atoms with Gasteiger partial charge in [-0.25, -0.2) is 4.79 Å². The average molecular weight is 368 g/mol. The van der Waals surface area contributed by atoms with Crippen LogP contribution in [-0.4, -0.2) is 29.0 Å². The number of carbonyl (C=O) groups excluding carboxylic acids is 1. The molecule has 1 amide bonds. The second-order valence-corrected chi connectivity index (χ2v) is 7.44. The van der Waals surface area contributed by atoms with Crippen LogP contribution in [0.2, 0.25) is 0 Å². The maximum absolute atomic E-state index is 12.7. The third kappa shape index (κ3) is 11.9. The van der Waals surface area contributed by atoms with Crippen molar-refractivity contribution in [3.8, 4) is 0 Å². The van der Waals surface area contributed by atoms with Gasteiger partial charge in [0.1, 0.15) is 0 Å². The quantitative estimate of drug-likeness (QED) is 0.173. The molecule has 0 heterocycles. The van der Waals surface area contributed by atoms with E-state index in [9.17, 15) is 4.79 Å². The lowest BCUT2D eigenvalue weighted by molar-refractivity contribution is 0.0376. The van der Waals surface area contributed by atoms with Gasteiger partial charge in [-0.3, -0.25) is 0 Å². The summed E-state index contributed by atoms with van der Waals surface area (Å²) in [7, 11) is 0. The Hall–Kier alpha value is -1.16. The lowest BCUT2D eigenvalue weighted by atomic mass is 10.1. The molecule has 144 valence electrons. The summed E-state index contributed by atoms with van der Waals surface area (Å²) in [5, 5.41) is 0. The normalized spacial score (nSPS) is 12.0. The predicted octanol–water partition coefficient (Wildman–Crippen LogP) is 6.53. The first-order valence-corrected chi connectivity index (χ1v) is 9.95. The molecule has 0 unspecified atom stereocenters. The van der Waals surface area contributed by atoms with E-state index < -0.39 is 4.93 Å². The van der Waals surface area contributed by atoms with E-state index in [1.807, 2.05) is 38.2 Å². The molecule has 0 N–H and O–H groups in total. The lowest BCUT2D eigenvalue weighted by Crippen LogP contribution is -2.39. The lowest BCUT2D eigenvalue weighted by Gasteiger charge is -2.32. The van der Waals surface area contributed by atoms with Gasteiger partial charge in [0.15, 0.2) is 4.93 Å². The number of amides is 1. The number of rotatable bonds is 13. The Kier molecular flexibility index (Phi) is 13.4. The van der Waals surface area contributed by atoms with Crippen LogP contribution < -0.4 is 0 Å². The number of carbonyl (C=O) groups is 1. The van der Waals surface area contributed by atoms with E-state index in [1.165, 1.54) is 0 Å². The van der Waals surface area contributed by atoms with Crippen molar-refractivity contribution in [1.82, 2.24) is 4.90 Å². The van der Waals surface area contributed by atoms with Crippen molar-refractivity contribution >= 4 is 18.7 Å². The first-order valence-electron chi connectivity index (χ1n) is 9.51. The zero-order valence-electron chi connectivity index (χ0n) is 16.6. The van der Waals surface area contributed by atoms with Gasteiger partial charge in [-0.05, 0) is 46.0 Å². The maximum atomic E-state index is 12.7. The van der Waals surface area contributed by atoms with Crippen LogP contribution in [-0.2, 0) is 4.74 Å². The minimum absolute atomic E-state index is 0.284. The van der Waals surface area contributed by atoms with Gasteiger partial charge in [0.25, 0.3) is 0 Å². The molecule has 0 fully saturated rings. The van der Waals surface area contributed by atoms with Crippen LogP contribution in [0, 0.1) is 0 Å². The largest absolute Gasteiger partial charge is 0.432 e. The van der Waals surface area contributed by atoms with E-state index in [2.05, 4.69) is 20.4 Å². The molecule has 0 rings (SSSR count). The highest BCUT2D eigenvalue weighted by atomic mass is 32.1. The highest BCUT2D eigenvalue weighted by molar-refractivity contribution is 7.81. The molecule has 0 atom stereocenters. The van der Waals surface area contributed by atoms with E-state index in [0.29, 0.717) is 13.1 Å². The molecule has 0 radical (unpaired) electrons. The van der Waals surface area contributed by atoms with Crippen LogP contribution in [0.25, 0.3) is 0 Å². The highest BCUT2D eigenvalue weighted by Crippen LogP contribution is 2.30. The van der Waals surface area contributed by atoms with Crippen molar-refractivity contribution in [2.75, 3.05) is 13.1 Å². The van der Waals surface area contributed by atoms with Crippen molar-refractivity contribution in [3.05, 3.63) is 36.5 Å². The van der Waals surface area contributed by atoms with Crippen molar-refractivity contribution in [1.29, 1.82) is 0 Å². The van der Waals surface area contributed by atoms with E-state index >= 15 is 0 Å². The standard InChI is InChI=1S/C21H37NO2S/c1-6-9-12-13-17-22(18-14-19(4)5)20(23)24-21(25,15-10-7-2)16-11-8-3/h6,9,12-13,25H,4,7-8,10-11,14-18H2,1-3,5H3/b9-6-,13-12+. The van der Waals surface area contributed by atoms with Crippen molar-refractivity contribution < 1.29 is 9.53 Å². The third-order valence-electron chi connectivity index (χ3n) is 3.95. The van der Waals surface area contributed by atoms with Gasteiger partial charge in [-0.2, -0.15) is 0 Å². The number of thiol groups is 1. The molecule has 0 aromatic carbocycles. The van der Waals surface area contributed by atoms with Gasteiger partial charge in [-0.15, -0.1) is 19.2 Å². The third-order valence-corrected chi connectivity index (χ3v) is 4.49. The summed E-state index contributed by atoms with van der Waals surface area (Å²) in [6.07, 6.45) is 14.1. The Labute approximate surface area is 160 Å². The average Bonchev–Trinajstić information content (AvgIpc) is 2.57. The smallest absolute Gasteiger partial charge is 0.411 e. The Morgan fingerprint density at radius 1 is 1.20 bits per heavy atom. The van der Waals surface area contributed by atoms with Crippen LogP contribution in [0.4, 0.5) is 4.79 Å². The van der Waals surface area contributed by atoms with E-state index in [0.717, 1.165) is 50.5 Å². The SMILES string of the molecule is C=C(C)CCN(C/C=C/C=C\C)C(=O)OC(S)(CCCC)CCCC. The molecule has 0 aromatic rings. The van der Waals surface area contributed by atoms with E-state index in [-0.39, 0.29) is 6.09 Å². The molecular formula is C21H37NO2S. The zero-order chi connectivity index (χ0) is 19.1. The maximum Gasteiger partial charge on any atom is 0.411 e. The number of unbranched alkanes of at least 4 members (excludes halogenated alkanes) is 2. The van der Waals surface area contributed by atoms with Crippen molar-refractivity contribution in [3.63, 3.8) is 0 Å². The molecule has 0 bridgehead atoms. The summed E-state index contributed by atoms with van der Waals surface area (Å²) in [6, 6.07) is 0. The van der Waals surface area contributed by atoms with Crippen LogP contribution in [0.3, 0.4) is 0 Å². The molecule has 0 aliphatic carbocycles. The molecule has 0 spiro atoms. The van der Waals surface area contributed by atoms with Crippen LogP contribution in [0.15, 0.2) is 36.5 Å². The summed E-state index contributed by atoms with van der Waals surface area (Å²) in [5.41, 5.74) is 1.06. The molecule has 0 saturated carbocycles. The molecule has 0 saturated heterocycles. The number of allylic oxidation sites excluding steroid dienone is 3. The number of hydrogen-bond donors (Lipinski definition) is 1.